The number of nitrogens with zero attached hydrogens (tertiary/aromatic N) is 2. The van der Waals surface area contributed by atoms with Gasteiger partial charge in [0.1, 0.15) is 5.60 Å². The van der Waals surface area contributed by atoms with Crippen LogP contribution in [0.2, 0.25) is 0 Å². The molecule has 1 amide bonds. The molecule has 26 heavy (non-hydrogen) atoms. The standard InChI is InChI=1S/C18H34N2O6/c1-17(2,3)25-16(23)20(26-18(4,5)6)14(15(22)24-7)12-19-10-8-13(21)9-11-19/h13-14,21H,8-12H2,1-7H3. The molecule has 1 unspecified atom stereocenters. The van der Waals surface area contributed by atoms with Crippen molar-refractivity contribution in [3.63, 3.8) is 0 Å². The Morgan fingerprint density at radius 1 is 1.12 bits per heavy atom. The highest BCUT2D eigenvalue weighted by molar-refractivity contribution is 5.81. The summed E-state index contributed by atoms with van der Waals surface area (Å²) in [6.07, 6.45) is 0.191. The van der Waals surface area contributed by atoms with E-state index in [1.807, 2.05) is 4.90 Å². The van der Waals surface area contributed by atoms with Crippen LogP contribution in [0.3, 0.4) is 0 Å². The Labute approximate surface area is 156 Å². The number of carbonyl (C=O) groups is 2. The number of hydroxylamine groups is 2. The summed E-state index contributed by atoms with van der Waals surface area (Å²) in [6, 6.07) is -0.968. The van der Waals surface area contributed by atoms with E-state index in [2.05, 4.69) is 0 Å². The fourth-order valence-corrected chi connectivity index (χ4v) is 2.56. The van der Waals surface area contributed by atoms with Crippen LogP contribution in [-0.4, -0.2) is 77.2 Å². The Kier molecular flexibility index (Phi) is 7.85. The van der Waals surface area contributed by atoms with Crippen LogP contribution in [0.5, 0.6) is 0 Å². The molecular formula is C18H34N2O6. The summed E-state index contributed by atoms with van der Waals surface area (Å²) >= 11 is 0. The molecule has 0 aromatic heterocycles. The van der Waals surface area contributed by atoms with E-state index in [0.29, 0.717) is 25.9 Å². The molecule has 0 spiro atoms. The lowest BCUT2D eigenvalue weighted by Gasteiger charge is -2.38. The minimum absolute atomic E-state index is 0.245. The van der Waals surface area contributed by atoms with Gasteiger partial charge in [0.05, 0.1) is 18.8 Å². The van der Waals surface area contributed by atoms with Crippen molar-refractivity contribution in [2.75, 3.05) is 26.7 Å². The minimum atomic E-state index is -0.968. The second kappa shape index (κ2) is 9.01. The van der Waals surface area contributed by atoms with Gasteiger partial charge in [-0.2, -0.15) is 5.06 Å². The van der Waals surface area contributed by atoms with Gasteiger partial charge in [0.15, 0.2) is 6.04 Å². The molecule has 1 heterocycles. The normalized spacial score (nSPS) is 18.3. The fourth-order valence-electron chi connectivity index (χ4n) is 2.56. The van der Waals surface area contributed by atoms with Crippen molar-refractivity contribution in [1.29, 1.82) is 0 Å². The first-order chi connectivity index (χ1) is 11.8. The van der Waals surface area contributed by atoms with Gasteiger partial charge in [-0.25, -0.2) is 9.59 Å². The number of hydrogen-bond acceptors (Lipinski definition) is 7. The van der Waals surface area contributed by atoms with Gasteiger partial charge in [-0.1, -0.05) is 0 Å². The SMILES string of the molecule is COC(=O)C(CN1CCC(O)CC1)N(OC(C)(C)C)C(=O)OC(C)(C)C. The maximum atomic E-state index is 12.7. The molecule has 8 nitrogen and oxygen atoms in total. The predicted octanol–water partition coefficient (Wildman–Crippen LogP) is 1.95. The van der Waals surface area contributed by atoms with Crippen molar-refractivity contribution < 1.29 is 29.0 Å². The molecule has 152 valence electrons. The molecule has 1 aliphatic heterocycles. The Morgan fingerprint density at radius 2 is 1.65 bits per heavy atom. The summed E-state index contributed by atoms with van der Waals surface area (Å²) < 4.78 is 10.3. The number of rotatable bonds is 5. The number of carbonyl (C=O) groups excluding carboxylic acids is 2. The molecule has 1 N–H and O–H groups in total. The Balaban J connectivity index is 3.03. The zero-order valence-electron chi connectivity index (χ0n) is 17.1. The van der Waals surface area contributed by atoms with Crippen LogP contribution in [0, 0.1) is 0 Å². The van der Waals surface area contributed by atoms with Gasteiger partial charge in [-0.3, -0.25) is 4.84 Å². The van der Waals surface area contributed by atoms with E-state index in [1.54, 1.807) is 41.5 Å². The van der Waals surface area contributed by atoms with E-state index >= 15 is 0 Å². The van der Waals surface area contributed by atoms with Crippen molar-refractivity contribution in [3.05, 3.63) is 0 Å². The van der Waals surface area contributed by atoms with Gasteiger partial charge in [-0.15, -0.1) is 0 Å². The molecule has 1 aliphatic rings. The second-order valence-electron chi connectivity index (χ2n) is 8.58. The average Bonchev–Trinajstić information content (AvgIpc) is 2.49. The first-order valence-corrected chi connectivity index (χ1v) is 9.02. The Bertz CT molecular complexity index is 475. The van der Waals surface area contributed by atoms with Crippen molar-refractivity contribution >= 4 is 12.1 Å². The third-order valence-electron chi connectivity index (χ3n) is 3.69. The number of methoxy groups -OCH3 is 1. The van der Waals surface area contributed by atoms with E-state index in [1.165, 1.54) is 7.11 Å². The number of hydrogen-bond donors (Lipinski definition) is 1. The number of esters is 1. The maximum absolute atomic E-state index is 12.7. The van der Waals surface area contributed by atoms with Crippen LogP contribution in [0.1, 0.15) is 54.4 Å². The topological polar surface area (TPSA) is 88.5 Å². The van der Waals surface area contributed by atoms with Crippen molar-refractivity contribution in [2.24, 2.45) is 0 Å². The Morgan fingerprint density at radius 3 is 2.08 bits per heavy atom. The lowest BCUT2D eigenvalue weighted by Crippen LogP contribution is -2.55. The van der Waals surface area contributed by atoms with Crippen LogP contribution < -0.4 is 0 Å². The molecule has 1 rings (SSSR count). The van der Waals surface area contributed by atoms with Gasteiger partial charge in [0.25, 0.3) is 0 Å². The number of likely N-dealkylation sites (tertiary alicyclic amines) is 1. The largest absolute Gasteiger partial charge is 0.467 e. The molecule has 1 saturated heterocycles. The fraction of sp³-hybridized carbons (Fsp3) is 0.889. The molecule has 0 bridgehead atoms. The molecule has 0 aromatic rings. The summed E-state index contributed by atoms with van der Waals surface area (Å²) in [5.74, 6) is -0.578. The highest BCUT2D eigenvalue weighted by atomic mass is 16.7. The molecule has 0 aliphatic carbocycles. The van der Waals surface area contributed by atoms with Crippen LogP contribution in [0.25, 0.3) is 0 Å². The zero-order chi connectivity index (χ0) is 20.1. The van der Waals surface area contributed by atoms with Crippen molar-refractivity contribution in [2.45, 2.75) is 77.7 Å². The number of ether oxygens (including phenoxy) is 2. The third-order valence-corrected chi connectivity index (χ3v) is 3.69. The van der Waals surface area contributed by atoms with Crippen LogP contribution in [0.15, 0.2) is 0 Å². The van der Waals surface area contributed by atoms with Crippen LogP contribution in [-0.2, 0) is 19.1 Å². The smallest absolute Gasteiger partial charge is 0.435 e. The maximum Gasteiger partial charge on any atom is 0.435 e. The van der Waals surface area contributed by atoms with Gasteiger partial charge in [0, 0.05) is 19.6 Å². The van der Waals surface area contributed by atoms with E-state index in [-0.39, 0.29) is 12.6 Å². The first kappa shape index (κ1) is 22.7. The van der Waals surface area contributed by atoms with Gasteiger partial charge in [-0.05, 0) is 54.4 Å². The van der Waals surface area contributed by atoms with E-state index in [4.69, 9.17) is 14.3 Å². The van der Waals surface area contributed by atoms with E-state index in [9.17, 15) is 14.7 Å². The zero-order valence-corrected chi connectivity index (χ0v) is 17.1. The number of piperidine rings is 1. The summed E-state index contributed by atoms with van der Waals surface area (Å²) in [6.45, 7) is 12.1. The van der Waals surface area contributed by atoms with E-state index < -0.39 is 29.3 Å². The van der Waals surface area contributed by atoms with Gasteiger partial charge in [0.2, 0.25) is 0 Å². The van der Waals surface area contributed by atoms with Crippen molar-refractivity contribution in [3.8, 4) is 0 Å². The molecule has 0 saturated carbocycles. The highest BCUT2D eigenvalue weighted by Crippen LogP contribution is 2.20. The molecule has 8 heteroatoms. The number of aliphatic hydroxyl groups excluding tert-OH is 1. The lowest BCUT2D eigenvalue weighted by molar-refractivity contribution is -0.236. The summed E-state index contributed by atoms with van der Waals surface area (Å²) in [4.78, 5) is 32.9. The highest BCUT2D eigenvalue weighted by Gasteiger charge is 2.39. The molecular weight excluding hydrogens is 340 g/mol. The average molecular weight is 374 g/mol. The molecule has 1 atom stereocenters. The Hall–Kier alpha value is -1.38. The van der Waals surface area contributed by atoms with Gasteiger partial charge < -0.3 is 19.5 Å². The first-order valence-electron chi connectivity index (χ1n) is 9.02. The molecule has 0 radical (unpaired) electrons. The lowest BCUT2D eigenvalue weighted by atomic mass is 10.1. The predicted molar refractivity (Wildman–Crippen MR) is 96.4 cm³/mol. The third kappa shape index (κ3) is 7.88. The minimum Gasteiger partial charge on any atom is -0.467 e. The monoisotopic (exact) mass is 374 g/mol. The van der Waals surface area contributed by atoms with Crippen LogP contribution >= 0.6 is 0 Å². The second-order valence-corrected chi connectivity index (χ2v) is 8.58. The van der Waals surface area contributed by atoms with Gasteiger partial charge >= 0.3 is 12.1 Å². The van der Waals surface area contributed by atoms with Crippen LogP contribution in [0.4, 0.5) is 4.79 Å². The molecule has 0 aromatic carbocycles. The van der Waals surface area contributed by atoms with Crippen molar-refractivity contribution in [1.82, 2.24) is 9.96 Å². The van der Waals surface area contributed by atoms with E-state index in [0.717, 1.165) is 5.06 Å². The summed E-state index contributed by atoms with van der Waals surface area (Å²) in [5.41, 5.74) is -1.44. The number of aliphatic hydroxyl groups is 1. The summed E-state index contributed by atoms with van der Waals surface area (Å²) in [7, 11) is 1.28. The summed E-state index contributed by atoms with van der Waals surface area (Å²) in [5, 5.41) is 10.7. The molecule has 1 fully saturated rings. The number of amides is 1. The quantitative estimate of drug-likeness (QED) is 0.581.